The van der Waals surface area contributed by atoms with Crippen LogP contribution in [0.1, 0.15) is 67.3 Å². The van der Waals surface area contributed by atoms with E-state index in [0.717, 1.165) is 25.8 Å². The van der Waals surface area contributed by atoms with Crippen molar-refractivity contribution < 1.29 is 9.59 Å². The van der Waals surface area contributed by atoms with Crippen LogP contribution in [0.2, 0.25) is 0 Å². The third kappa shape index (κ3) is 4.53. The second-order valence-electron chi connectivity index (χ2n) is 6.59. The van der Waals surface area contributed by atoms with Gasteiger partial charge in [0, 0.05) is 30.9 Å². The Hall–Kier alpha value is -1.91. The molecule has 1 aliphatic heterocycles. The van der Waals surface area contributed by atoms with Crippen LogP contribution in [-0.4, -0.2) is 40.8 Å². The van der Waals surface area contributed by atoms with Crippen LogP contribution in [0.15, 0.2) is 18.3 Å². The van der Waals surface area contributed by atoms with Gasteiger partial charge in [0.05, 0.1) is 0 Å². The summed E-state index contributed by atoms with van der Waals surface area (Å²) >= 11 is 0. The average Bonchev–Trinajstić information content (AvgIpc) is 2.59. The van der Waals surface area contributed by atoms with E-state index in [1.807, 2.05) is 18.7 Å². The summed E-state index contributed by atoms with van der Waals surface area (Å²) in [6.07, 6.45) is 5.81. The van der Waals surface area contributed by atoms with Gasteiger partial charge in [-0.1, -0.05) is 20.8 Å². The maximum absolute atomic E-state index is 12.8. The third-order valence-corrected chi connectivity index (χ3v) is 4.27. The summed E-state index contributed by atoms with van der Waals surface area (Å²) < 4.78 is 0. The molecule has 1 aromatic heterocycles. The Morgan fingerprint density at radius 3 is 2.87 bits per heavy atom. The number of likely N-dealkylation sites (tertiary alicyclic amines) is 1. The monoisotopic (exact) mass is 317 g/mol. The molecule has 0 aromatic carbocycles. The second-order valence-corrected chi connectivity index (χ2v) is 6.59. The minimum atomic E-state index is -0.223. The van der Waals surface area contributed by atoms with E-state index in [0.29, 0.717) is 29.8 Å². The first-order chi connectivity index (χ1) is 11.0. The number of hydrogen-bond acceptors (Lipinski definition) is 3. The van der Waals surface area contributed by atoms with Gasteiger partial charge in [-0.15, -0.1) is 0 Å². The molecule has 1 fully saturated rings. The standard InChI is InChI=1S/C18H27N3O2/c1-4-15-7-5-6-10-21(15)18(23)14-8-9-19-16(11-14)17(22)20-12-13(2)3/h8-9,11,13,15H,4-7,10,12H2,1-3H3,(H,20,22). The van der Waals surface area contributed by atoms with Crippen molar-refractivity contribution in [1.82, 2.24) is 15.2 Å². The molecule has 1 aromatic rings. The summed E-state index contributed by atoms with van der Waals surface area (Å²) in [5, 5.41) is 2.84. The van der Waals surface area contributed by atoms with Crippen LogP contribution in [0.4, 0.5) is 0 Å². The van der Waals surface area contributed by atoms with Crippen molar-refractivity contribution in [2.75, 3.05) is 13.1 Å². The molecule has 126 valence electrons. The predicted octanol–water partition coefficient (Wildman–Crippen LogP) is 2.87. The number of pyridine rings is 1. The topological polar surface area (TPSA) is 62.3 Å². The molecule has 1 unspecified atom stereocenters. The zero-order chi connectivity index (χ0) is 16.8. The lowest BCUT2D eigenvalue weighted by Gasteiger charge is -2.35. The Labute approximate surface area is 138 Å². The maximum atomic E-state index is 12.8. The van der Waals surface area contributed by atoms with Gasteiger partial charge in [0.1, 0.15) is 5.69 Å². The summed E-state index contributed by atoms with van der Waals surface area (Å²) in [5.74, 6) is 0.165. The fraction of sp³-hybridized carbons (Fsp3) is 0.611. The molecule has 2 rings (SSSR count). The van der Waals surface area contributed by atoms with Gasteiger partial charge in [0.2, 0.25) is 0 Å². The number of aromatic nitrogens is 1. The smallest absolute Gasteiger partial charge is 0.269 e. The Bertz CT molecular complexity index is 557. The molecule has 1 N–H and O–H groups in total. The lowest BCUT2D eigenvalue weighted by atomic mass is 9.99. The van der Waals surface area contributed by atoms with E-state index < -0.39 is 0 Å². The summed E-state index contributed by atoms with van der Waals surface area (Å²) in [4.78, 5) is 31.0. The number of hydrogen-bond donors (Lipinski definition) is 1. The van der Waals surface area contributed by atoms with Crippen LogP contribution < -0.4 is 5.32 Å². The van der Waals surface area contributed by atoms with E-state index in [4.69, 9.17) is 0 Å². The first kappa shape index (κ1) is 17.4. The molecule has 1 aliphatic rings. The van der Waals surface area contributed by atoms with Crippen LogP contribution in [0.25, 0.3) is 0 Å². The Morgan fingerprint density at radius 2 is 2.17 bits per heavy atom. The molecule has 5 nitrogen and oxygen atoms in total. The lowest BCUT2D eigenvalue weighted by Crippen LogP contribution is -2.43. The van der Waals surface area contributed by atoms with Crippen molar-refractivity contribution in [3.8, 4) is 0 Å². The summed E-state index contributed by atoms with van der Waals surface area (Å²) in [5.41, 5.74) is 0.858. The molecule has 0 radical (unpaired) electrons. The number of nitrogens with one attached hydrogen (secondary N) is 1. The number of piperidine rings is 1. The number of amides is 2. The van der Waals surface area contributed by atoms with E-state index >= 15 is 0 Å². The average molecular weight is 317 g/mol. The normalized spacial score (nSPS) is 18.1. The molecule has 5 heteroatoms. The highest BCUT2D eigenvalue weighted by Crippen LogP contribution is 2.21. The van der Waals surface area contributed by atoms with Crippen LogP contribution in [0, 0.1) is 5.92 Å². The largest absolute Gasteiger partial charge is 0.350 e. The molecule has 0 bridgehead atoms. The van der Waals surface area contributed by atoms with Crippen molar-refractivity contribution in [3.05, 3.63) is 29.6 Å². The Morgan fingerprint density at radius 1 is 1.39 bits per heavy atom. The van der Waals surface area contributed by atoms with Crippen LogP contribution >= 0.6 is 0 Å². The molecular weight excluding hydrogens is 290 g/mol. The first-order valence-electron chi connectivity index (χ1n) is 8.58. The van der Waals surface area contributed by atoms with Crippen LogP contribution in [-0.2, 0) is 0 Å². The zero-order valence-electron chi connectivity index (χ0n) is 14.3. The van der Waals surface area contributed by atoms with Gasteiger partial charge < -0.3 is 10.2 Å². The quantitative estimate of drug-likeness (QED) is 0.908. The minimum absolute atomic E-state index is 0.0110. The highest BCUT2D eigenvalue weighted by Gasteiger charge is 2.26. The Kier molecular flexibility index (Phi) is 6.13. The van der Waals surface area contributed by atoms with E-state index in [-0.39, 0.29) is 11.8 Å². The van der Waals surface area contributed by atoms with Crippen molar-refractivity contribution in [1.29, 1.82) is 0 Å². The fourth-order valence-corrected chi connectivity index (χ4v) is 2.93. The van der Waals surface area contributed by atoms with Crippen molar-refractivity contribution >= 4 is 11.8 Å². The summed E-state index contributed by atoms with van der Waals surface area (Å²) in [6, 6.07) is 3.62. The summed E-state index contributed by atoms with van der Waals surface area (Å²) in [7, 11) is 0. The second kappa shape index (κ2) is 8.09. The van der Waals surface area contributed by atoms with Crippen LogP contribution in [0.5, 0.6) is 0 Å². The van der Waals surface area contributed by atoms with Crippen molar-refractivity contribution in [3.63, 3.8) is 0 Å². The molecular formula is C18H27N3O2. The molecule has 1 atom stereocenters. The fourth-order valence-electron chi connectivity index (χ4n) is 2.93. The van der Waals surface area contributed by atoms with Gasteiger partial charge in [-0.05, 0) is 43.7 Å². The SMILES string of the molecule is CCC1CCCCN1C(=O)c1ccnc(C(=O)NCC(C)C)c1. The van der Waals surface area contributed by atoms with Gasteiger partial charge in [-0.2, -0.15) is 0 Å². The molecule has 0 saturated carbocycles. The van der Waals surface area contributed by atoms with Crippen molar-refractivity contribution in [2.45, 2.75) is 52.5 Å². The molecule has 0 aliphatic carbocycles. The lowest BCUT2D eigenvalue weighted by molar-refractivity contribution is 0.0608. The third-order valence-electron chi connectivity index (χ3n) is 4.27. The Balaban J connectivity index is 2.12. The van der Waals surface area contributed by atoms with Crippen LogP contribution in [0.3, 0.4) is 0 Å². The minimum Gasteiger partial charge on any atom is -0.350 e. The highest BCUT2D eigenvalue weighted by atomic mass is 16.2. The van der Waals surface area contributed by atoms with E-state index in [2.05, 4.69) is 17.2 Å². The molecule has 0 spiro atoms. The van der Waals surface area contributed by atoms with Gasteiger partial charge in [-0.25, -0.2) is 0 Å². The molecule has 23 heavy (non-hydrogen) atoms. The van der Waals surface area contributed by atoms with Crippen molar-refractivity contribution in [2.24, 2.45) is 5.92 Å². The predicted molar refractivity (Wildman–Crippen MR) is 90.4 cm³/mol. The number of carbonyl (C=O) groups excluding carboxylic acids is 2. The maximum Gasteiger partial charge on any atom is 0.269 e. The van der Waals surface area contributed by atoms with Gasteiger partial charge in [0.15, 0.2) is 0 Å². The number of rotatable bonds is 5. The van der Waals surface area contributed by atoms with E-state index in [1.54, 1.807) is 18.3 Å². The first-order valence-corrected chi connectivity index (χ1v) is 8.58. The van der Waals surface area contributed by atoms with Gasteiger partial charge in [-0.3, -0.25) is 14.6 Å². The molecule has 2 heterocycles. The number of carbonyl (C=O) groups is 2. The summed E-state index contributed by atoms with van der Waals surface area (Å²) in [6.45, 7) is 7.59. The van der Waals surface area contributed by atoms with Gasteiger partial charge in [0.25, 0.3) is 11.8 Å². The van der Waals surface area contributed by atoms with Gasteiger partial charge >= 0.3 is 0 Å². The van der Waals surface area contributed by atoms with E-state index in [9.17, 15) is 9.59 Å². The number of nitrogens with zero attached hydrogens (tertiary/aromatic N) is 2. The molecule has 2 amide bonds. The zero-order valence-corrected chi connectivity index (χ0v) is 14.3. The van der Waals surface area contributed by atoms with E-state index in [1.165, 1.54) is 6.42 Å². The molecule has 1 saturated heterocycles. The highest BCUT2D eigenvalue weighted by molar-refractivity contribution is 5.98.